The summed E-state index contributed by atoms with van der Waals surface area (Å²) in [5.74, 6) is 1.53. The van der Waals surface area contributed by atoms with Crippen LogP contribution in [0.25, 0.3) is 0 Å². The Hall–Kier alpha value is -2.58. The number of nitroso groups, excluding NO2 is 1. The number of nitrogens with zero attached hydrogens (tertiary/aromatic N) is 3. The summed E-state index contributed by atoms with van der Waals surface area (Å²) in [5, 5.41) is 6.13. The zero-order chi connectivity index (χ0) is 35.4. The molecule has 0 bridgehead atoms. The number of likely N-dealkylation sites (tertiary alicyclic amines) is 1. The third kappa shape index (κ3) is 14.5. The van der Waals surface area contributed by atoms with Crippen molar-refractivity contribution in [1.29, 1.82) is 0 Å². The average Bonchev–Trinajstić information content (AvgIpc) is 3.53. The summed E-state index contributed by atoms with van der Waals surface area (Å²) in [5.41, 5.74) is 1.44. The fraction of sp³-hybridized carbons (Fsp3) is 0.737. The highest BCUT2D eigenvalue weighted by molar-refractivity contribution is 5.78. The van der Waals surface area contributed by atoms with Crippen LogP contribution < -0.4 is 5.32 Å². The number of carbonyl (C=O) groups excluding carboxylic acids is 2. The molecule has 0 spiro atoms. The van der Waals surface area contributed by atoms with Crippen molar-refractivity contribution in [2.75, 3.05) is 27.7 Å². The first-order valence-electron chi connectivity index (χ1n) is 17.7. The maximum atomic E-state index is 13.5. The molecule has 46 heavy (non-hydrogen) atoms. The van der Waals surface area contributed by atoms with Crippen molar-refractivity contribution in [1.82, 2.24) is 15.1 Å². The molecule has 2 amide bonds. The molecular formula is C38H68N4O4. The lowest BCUT2D eigenvalue weighted by Gasteiger charge is -2.37. The lowest BCUT2D eigenvalue weighted by molar-refractivity contribution is -0.138. The van der Waals surface area contributed by atoms with Gasteiger partial charge in [0.1, 0.15) is 5.69 Å². The third-order valence-electron chi connectivity index (χ3n) is 9.32. The standard InChI is InChI=1S/C30H50N4O4.C6H12.C2H6/c1-9-20(3)30(33(6)7)27(38-8)19-29(36)34-17-11-12-26(34)23(10-2)18-28(35)31-22(5)21(4)24-13-15-25(32-37)16-14-24;1-4-5-6(2)3;1-2/h13-16,20-23,26-27,30H,9-12,17-19H2,1-8H3,(H,31,35);4,6H,1,5H2,2-3H3;1-2H3/t20?,21?,22-,23?,26?,27?,30?;;/m1../s1. The number of hydrogen-bond donors (Lipinski definition) is 1. The smallest absolute Gasteiger partial charge is 0.225 e. The monoisotopic (exact) mass is 645 g/mol. The molecule has 0 saturated carbocycles. The molecule has 1 saturated heterocycles. The van der Waals surface area contributed by atoms with Crippen molar-refractivity contribution in [3.8, 4) is 0 Å². The molecule has 264 valence electrons. The van der Waals surface area contributed by atoms with Gasteiger partial charge in [0.2, 0.25) is 11.8 Å². The van der Waals surface area contributed by atoms with Crippen LogP contribution >= 0.6 is 0 Å². The van der Waals surface area contributed by atoms with Crippen molar-refractivity contribution in [3.05, 3.63) is 47.4 Å². The van der Waals surface area contributed by atoms with Gasteiger partial charge < -0.3 is 19.9 Å². The van der Waals surface area contributed by atoms with E-state index in [0.29, 0.717) is 24.4 Å². The van der Waals surface area contributed by atoms with E-state index in [2.05, 4.69) is 77.6 Å². The van der Waals surface area contributed by atoms with E-state index < -0.39 is 0 Å². The molecule has 2 rings (SSSR count). The van der Waals surface area contributed by atoms with Gasteiger partial charge in [-0.05, 0) is 80.9 Å². The minimum Gasteiger partial charge on any atom is -0.379 e. The average molecular weight is 645 g/mol. The van der Waals surface area contributed by atoms with Crippen molar-refractivity contribution in [2.24, 2.45) is 22.9 Å². The molecule has 1 aliphatic rings. The Kier molecular flexibility index (Phi) is 22.4. The van der Waals surface area contributed by atoms with Gasteiger partial charge in [0, 0.05) is 44.1 Å². The first-order chi connectivity index (χ1) is 21.8. The number of carbonyl (C=O) groups is 2. The summed E-state index contributed by atoms with van der Waals surface area (Å²) in [7, 11) is 5.81. The molecule has 1 N–H and O–H groups in total. The van der Waals surface area contributed by atoms with Gasteiger partial charge in [0.25, 0.3) is 0 Å². The molecule has 1 aromatic rings. The van der Waals surface area contributed by atoms with Gasteiger partial charge in [-0.15, -0.1) is 11.5 Å². The van der Waals surface area contributed by atoms with E-state index in [-0.39, 0.29) is 47.9 Å². The minimum absolute atomic E-state index is 0.0147. The first kappa shape index (κ1) is 43.4. The second kappa shape index (κ2) is 23.7. The lowest BCUT2D eigenvalue weighted by atomic mass is 9.89. The highest BCUT2D eigenvalue weighted by Crippen LogP contribution is 2.31. The largest absolute Gasteiger partial charge is 0.379 e. The second-order valence-corrected chi connectivity index (χ2v) is 13.2. The zero-order valence-electron chi connectivity index (χ0n) is 31.3. The minimum atomic E-state index is -0.171. The van der Waals surface area contributed by atoms with Crippen molar-refractivity contribution in [3.63, 3.8) is 0 Å². The quantitative estimate of drug-likeness (QED) is 0.135. The van der Waals surface area contributed by atoms with E-state index in [1.165, 1.54) is 0 Å². The fourth-order valence-corrected chi connectivity index (χ4v) is 6.36. The zero-order valence-corrected chi connectivity index (χ0v) is 31.3. The van der Waals surface area contributed by atoms with Crippen LogP contribution in [0.15, 0.2) is 42.1 Å². The van der Waals surface area contributed by atoms with Gasteiger partial charge in [0.05, 0.1) is 12.5 Å². The van der Waals surface area contributed by atoms with Crippen LogP contribution in [0.3, 0.4) is 0 Å². The molecular weight excluding hydrogens is 576 g/mol. The van der Waals surface area contributed by atoms with E-state index >= 15 is 0 Å². The summed E-state index contributed by atoms with van der Waals surface area (Å²) < 4.78 is 5.86. The van der Waals surface area contributed by atoms with Gasteiger partial charge in [0.15, 0.2) is 0 Å². The number of nitrogens with one attached hydrogen (secondary N) is 1. The normalized spacial score (nSPS) is 18.2. The Bertz CT molecular complexity index is 997. The highest BCUT2D eigenvalue weighted by atomic mass is 16.5. The number of hydrogen-bond acceptors (Lipinski definition) is 6. The topological polar surface area (TPSA) is 91.3 Å². The van der Waals surface area contributed by atoms with Crippen LogP contribution in [0.5, 0.6) is 0 Å². The number of allylic oxidation sites excluding steroid dienone is 1. The van der Waals surface area contributed by atoms with Crippen LogP contribution in [-0.2, 0) is 14.3 Å². The molecule has 1 fully saturated rings. The third-order valence-corrected chi connectivity index (χ3v) is 9.32. The Morgan fingerprint density at radius 3 is 2.11 bits per heavy atom. The molecule has 1 heterocycles. The van der Waals surface area contributed by atoms with Gasteiger partial charge in [-0.2, -0.15) is 0 Å². The van der Waals surface area contributed by atoms with E-state index in [1.54, 1.807) is 19.2 Å². The second-order valence-electron chi connectivity index (χ2n) is 13.2. The summed E-state index contributed by atoms with van der Waals surface area (Å²) in [4.78, 5) is 41.5. The Labute approximate surface area is 282 Å². The molecule has 1 aliphatic heterocycles. The highest BCUT2D eigenvalue weighted by Gasteiger charge is 2.38. The predicted octanol–water partition coefficient (Wildman–Crippen LogP) is 8.73. The van der Waals surface area contributed by atoms with Crippen LogP contribution in [0, 0.1) is 22.7 Å². The van der Waals surface area contributed by atoms with Crippen molar-refractivity contribution < 1.29 is 14.3 Å². The van der Waals surface area contributed by atoms with Crippen molar-refractivity contribution >= 4 is 17.5 Å². The van der Waals surface area contributed by atoms with E-state index in [1.807, 2.05) is 43.9 Å². The summed E-state index contributed by atoms with van der Waals surface area (Å²) in [6.07, 6.45) is 7.43. The summed E-state index contributed by atoms with van der Waals surface area (Å²) in [6.45, 7) is 23.3. The Morgan fingerprint density at radius 1 is 1.07 bits per heavy atom. The van der Waals surface area contributed by atoms with Crippen molar-refractivity contribution in [2.45, 2.75) is 137 Å². The molecule has 0 radical (unpaired) electrons. The van der Waals surface area contributed by atoms with Gasteiger partial charge in [-0.3, -0.25) is 9.59 Å². The first-order valence-corrected chi connectivity index (χ1v) is 17.7. The molecule has 0 aromatic heterocycles. The SMILES string of the molecule is C=CCC(C)C.CC.CCC(C)C(C(CC(=O)N1CCCC1C(CC)CC(=O)N[C@H](C)C(C)c1ccc(N=O)cc1)OC)N(C)C. The maximum absolute atomic E-state index is 13.5. The van der Waals surface area contributed by atoms with Crippen LogP contribution in [0.1, 0.15) is 119 Å². The molecule has 1 aromatic carbocycles. The Balaban J connectivity index is 0.00000226. The van der Waals surface area contributed by atoms with Gasteiger partial charge in [-0.25, -0.2) is 0 Å². The number of benzene rings is 1. The summed E-state index contributed by atoms with van der Waals surface area (Å²) >= 11 is 0. The van der Waals surface area contributed by atoms with Gasteiger partial charge >= 0.3 is 0 Å². The van der Waals surface area contributed by atoms with E-state index in [0.717, 1.165) is 50.1 Å². The fourth-order valence-electron chi connectivity index (χ4n) is 6.36. The molecule has 0 aliphatic carbocycles. The molecule has 8 heteroatoms. The number of ether oxygens (including phenoxy) is 1. The molecule has 7 atom stereocenters. The number of methoxy groups -OCH3 is 1. The number of likely N-dealkylation sites (N-methyl/N-ethyl adjacent to an activating group) is 1. The maximum Gasteiger partial charge on any atom is 0.225 e. The lowest BCUT2D eigenvalue weighted by Crippen LogP contribution is -2.49. The van der Waals surface area contributed by atoms with Crippen LogP contribution in [0.4, 0.5) is 5.69 Å². The van der Waals surface area contributed by atoms with E-state index in [4.69, 9.17) is 4.74 Å². The van der Waals surface area contributed by atoms with Crippen LogP contribution in [0.2, 0.25) is 0 Å². The predicted molar refractivity (Wildman–Crippen MR) is 194 cm³/mol. The molecule has 8 nitrogen and oxygen atoms in total. The Morgan fingerprint density at radius 2 is 1.67 bits per heavy atom. The summed E-state index contributed by atoms with van der Waals surface area (Å²) in [6, 6.07) is 7.34. The van der Waals surface area contributed by atoms with Gasteiger partial charge in [-0.1, -0.05) is 86.4 Å². The van der Waals surface area contributed by atoms with E-state index in [9.17, 15) is 14.5 Å². The van der Waals surface area contributed by atoms with Crippen LogP contribution in [-0.4, -0.2) is 73.6 Å². The number of rotatable bonds is 17. The molecule has 6 unspecified atom stereocenters. The number of amides is 2.